The molecule has 5 aliphatic rings. The third-order valence-corrected chi connectivity index (χ3v) is 11.8. The van der Waals surface area contributed by atoms with Crippen molar-refractivity contribution in [1.29, 1.82) is 0 Å². The molecule has 5 aliphatic heterocycles. The second-order valence-electron chi connectivity index (χ2n) is 12.9. The summed E-state index contributed by atoms with van der Waals surface area (Å²) >= 11 is 1.65. The van der Waals surface area contributed by atoms with Crippen molar-refractivity contribution in [2.75, 3.05) is 65.6 Å². The van der Waals surface area contributed by atoms with Crippen molar-refractivity contribution in [3.8, 4) is 0 Å². The third kappa shape index (κ3) is 5.86. The van der Waals surface area contributed by atoms with Gasteiger partial charge in [-0.05, 0) is 25.3 Å². The highest BCUT2D eigenvalue weighted by molar-refractivity contribution is 8.02. The minimum Gasteiger partial charge on any atom is -0.396 e. The molecule has 6 rings (SSSR count). The zero-order valence-corrected chi connectivity index (χ0v) is 26.6. The summed E-state index contributed by atoms with van der Waals surface area (Å²) in [6, 6.07) is 9.33. The first kappa shape index (κ1) is 31.3. The Balaban J connectivity index is 1.31. The average Bonchev–Trinajstić information content (AvgIpc) is 3.30. The number of aliphatic hydroxyl groups excluding tert-OH is 1. The number of amides is 3. The highest BCUT2D eigenvalue weighted by atomic mass is 32.2. The predicted molar refractivity (Wildman–Crippen MR) is 171 cm³/mol. The van der Waals surface area contributed by atoms with Crippen LogP contribution in [-0.2, 0) is 25.7 Å². The van der Waals surface area contributed by atoms with Gasteiger partial charge in [0.25, 0.3) is 0 Å². The fourth-order valence-electron chi connectivity index (χ4n) is 7.84. The van der Waals surface area contributed by atoms with Crippen molar-refractivity contribution in [3.05, 3.63) is 60.2 Å². The van der Waals surface area contributed by atoms with E-state index in [0.717, 1.165) is 50.9 Å². The molecular weight excluding hydrogens is 576 g/mol. The van der Waals surface area contributed by atoms with E-state index in [-0.39, 0.29) is 24.3 Å². The molecule has 1 unspecified atom stereocenters. The molecule has 44 heavy (non-hydrogen) atoms. The van der Waals surface area contributed by atoms with Crippen LogP contribution in [0, 0.1) is 11.8 Å². The van der Waals surface area contributed by atoms with E-state index in [1.807, 2.05) is 45.0 Å². The largest absolute Gasteiger partial charge is 0.396 e. The standard InChI is InChI=1S/C34H46N4O5S/c1-33-13-9-16-37(25-26-11-5-4-6-12-26)30(40)27(33)28-31(41)38(17-7-2-3-8-22-39)29-32(42)36(15-10-14-34(28,29)44-33)19-18-35-20-23-43-24-21-35/h4-6,9-14,27-29,39H,2-3,7-8,15-25H2,1H3/t27-,28-,29?,33+,34-/m0/s1. The monoisotopic (exact) mass is 622 g/mol. The molecule has 3 amide bonds. The Labute approximate surface area is 265 Å². The van der Waals surface area contributed by atoms with Crippen molar-refractivity contribution in [2.45, 2.75) is 54.7 Å². The molecule has 1 aromatic rings. The summed E-state index contributed by atoms with van der Waals surface area (Å²) in [6.45, 7) is 8.68. The summed E-state index contributed by atoms with van der Waals surface area (Å²) in [5, 5.41) is 9.24. The molecule has 1 spiro atoms. The second-order valence-corrected chi connectivity index (χ2v) is 14.7. The second kappa shape index (κ2) is 13.4. The van der Waals surface area contributed by atoms with Gasteiger partial charge in [0.2, 0.25) is 17.7 Å². The Kier molecular flexibility index (Phi) is 9.52. The number of carbonyl (C=O) groups excluding carboxylic acids is 3. The van der Waals surface area contributed by atoms with Crippen LogP contribution in [-0.4, -0.2) is 124 Å². The molecule has 1 N–H and O–H groups in total. The molecule has 3 saturated heterocycles. The van der Waals surface area contributed by atoms with E-state index in [1.54, 1.807) is 11.8 Å². The number of morpholine rings is 1. The number of aliphatic hydroxyl groups is 1. The van der Waals surface area contributed by atoms with Crippen molar-refractivity contribution >= 4 is 29.5 Å². The number of rotatable bonds is 11. The van der Waals surface area contributed by atoms with Gasteiger partial charge in [0.15, 0.2) is 0 Å². The van der Waals surface area contributed by atoms with E-state index >= 15 is 0 Å². The number of likely N-dealkylation sites (tertiary alicyclic amines) is 1. The van der Waals surface area contributed by atoms with E-state index < -0.39 is 27.4 Å². The van der Waals surface area contributed by atoms with Crippen LogP contribution < -0.4 is 0 Å². The Morgan fingerprint density at radius 1 is 0.841 bits per heavy atom. The van der Waals surface area contributed by atoms with Gasteiger partial charge in [-0.1, -0.05) is 67.5 Å². The molecular formula is C34H46N4O5S. The van der Waals surface area contributed by atoms with Crippen LogP contribution in [0.5, 0.6) is 0 Å². The third-order valence-electron chi connectivity index (χ3n) is 10.0. The number of nitrogens with zero attached hydrogens (tertiary/aromatic N) is 4. The van der Waals surface area contributed by atoms with Gasteiger partial charge in [0.05, 0.1) is 29.8 Å². The zero-order valence-electron chi connectivity index (χ0n) is 25.8. The first-order valence-corrected chi connectivity index (χ1v) is 17.1. The molecule has 238 valence electrons. The maximum absolute atomic E-state index is 14.6. The number of thioether (sulfide) groups is 1. The number of carbonyl (C=O) groups is 3. The quantitative estimate of drug-likeness (QED) is 0.300. The van der Waals surface area contributed by atoms with Crippen LogP contribution in [0.1, 0.15) is 38.2 Å². The van der Waals surface area contributed by atoms with Gasteiger partial charge in [-0.25, -0.2) is 0 Å². The summed E-state index contributed by atoms with van der Waals surface area (Å²) in [7, 11) is 0. The smallest absolute Gasteiger partial charge is 0.247 e. The number of hydrogen-bond donors (Lipinski definition) is 1. The molecule has 5 atom stereocenters. The fraction of sp³-hybridized carbons (Fsp3) is 0.618. The van der Waals surface area contributed by atoms with Crippen LogP contribution in [0.2, 0.25) is 0 Å². The Morgan fingerprint density at radius 3 is 2.34 bits per heavy atom. The highest BCUT2D eigenvalue weighted by Crippen LogP contribution is 2.65. The molecule has 0 aliphatic carbocycles. The first-order chi connectivity index (χ1) is 21.4. The van der Waals surface area contributed by atoms with Crippen LogP contribution in [0.25, 0.3) is 0 Å². The van der Waals surface area contributed by atoms with Crippen LogP contribution in [0.15, 0.2) is 54.6 Å². The molecule has 1 aromatic carbocycles. The van der Waals surface area contributed by atoms with E-state index in [9.17, 15) is 19.5 Å². The van der Waals surface area contributed by atoms with Gasteiger partial charge < -0.3 is 24.5 Å². The summed E-state index contributed by atoms with van der Waals surface area (Å²) in [6.07, 6.45) is 11.6. The van der Waals surface area contributed by atoms with Crippen molar-refractivity contribution in [1.82, 2.24) is 19.6 Å². The van der Waals surface area contributed by atoms with E-state index in [2.05, 4.69) is 36.1 Å². The predicted octanol–water partition coefficient (Wildman–Crippen LogP) is 2.56. The number of ether oxygens (including phenoxy) is 1. The van der Waals surface area contributed by atoms with E-state index in [4.69, 9.17) is 4.74 Å². The van der Waals surface area contributed by atoms with Crippen LogP contribution in [0.3, 0.4) is 0 Å². The molecule has 0 aromatic heterocycles. The number of unbranched alkanes of at least 4 members (excludes halogenated alkanes) is 3. The molecule has 5 heterocycles. The summed E-state index contributed by atoms with van der Waals surface area (Å²) < 4.78 is 4.08. The lowest BCUT2D eigenvalue weighted by atomic mass is 9.74. The number of benzene rings is 1. The minimum absolute atomic E-state index is 0.0121. The molecule has 3 fully saturated rings. The van der Waals surface area contributed by atoms with Gasteiger partial charge in [-0.3, -0.25) is 19.3 Å². The van der Waals surface area contributed by atoms with Crippen LogP contribution in [0.4, 0.5) is 0 Å². The molecule has 9 nitrogen and oxygen atoms in total. The van der Waals surface area contributed by atoms with Crippen molar-refractivity contribution in [2.24, 2.45) is 11.8 Å². The zero-order chi connectivity index (χ0) is 30.7. The summed E-state index contributed by atoms with van der Waals surface area (Å²) in [5.41, 5.74) is 1.05. The van der Waals surface area contributed by atoms with Gasteiger partial charge >= 0.3 is 0 Å². The van der Waals surface area contributed by atoms with E-state index in [0.29, 0.717) is 45.9 Å². The molecule has 0 radical (unpaired) electrons. The molecule has 0 bridgehead atoms. The molecule has 10 heteroatoms. The maximum Gasteiger partial charge on any atom is 0.247 e. The number of hydrogen-bond acceptors (Lipinski definition) is 7. The normalized spacial score (nSPS) is 32.1. The van der Waals surface area contributed by atoms with Crippen LogP contribution >= 0.6 is 11.8 Å². The lowest BCUT2D eigenvalue weighted by Gasteiger charge is -2.37. The van der Waals surface area contributed by atoms with Gasteiger partial charge in [-0.2, -0.15) is 0 Å². The first-order valence-electron chi connectivity index (χ1n) is 16.3. The van der Waals surface area contributed by atoms with Gasteiger partial charge in [0, 0.05) is 63.7 Å². The van der Waals surface area contributed by atoms with Crippen molar-refractivity contribution < 1.29 is 24.2 Å². The Morgan fingerprint density at radius 2 is 1.57 bits per heavy atom. The van der Waals surface area contributed by atoms with Gasteiger partial charge in [-0.15, -0.1) is 11.8 Å². The van der Waals surface area contributed by atoms with E-state index in [1.165, 1.54) is 0 Å². The molecule has 0 saturated carbocycles. The lowest BCUT2D eigenvalue weighted by molar-refractivity contribution is -0.145. The maximum atomic E-state index is 14.6. The minimum atomic E-state index is -0.817. The topological polar surface area (TPSA) is 93.6 Å². The SMILES string of the molecule is C[C@@]12C=CCN(Cc3ccccc3)C(=O)[C@@H]1[C@H]1C(=O)N(CCCCCCO)C3C(=O)N(CCN4CCOCC4)CC=C[C@@]31S2. The van der Waals surface area contributed by atoms with Crippen molar-refractivity contribution in [3.63, 3.8) is 0 Å². The highest BCUT2D eigenvalue weighted by Gasteiger charge is 2.73. The Hall–Kier alpha value is -2.66. The average molecular weight is 623 g/mol. The lowest BCUT2D eigenvalue weighted by Crippen LogP contribution is -2.54. The van der Waals surface area contributed by atoms with Gasteiger partial charge in [0.1, 0.15) is 6.04 Å². The summed E-state index contributed by atoms with van der Waals surface area (Å²) in [4.78, 5) is 51.6. The number of fused-ring (bicyclic) bond motifs is 2. The Bertz CT molecular complexity index is 1270. The summed E-state index contributed by atoms with van der Waals surface area (Å²) in [5.74, 6) is -1.29. The fourth-order valence-corrected chi connectivity index (χ4v) is 10.00.